The number of imidazole rings is 1. The molecular formula is C19H26N4O2. The molecule has 2 aromatic rings. The molecule has 1 aliphatic rings. The summed E-state index contributed by atoms with van der Waals surface area (Å²) in [5.74, 6) is -0.0110. The topological polar surface area (TPSA) is 70.4 Å². The number of aryl methyl sites for hydroxylation is 1. The van der Waals surface area contributed by atoms with Crippen LogP contribution < -0.4 is 5.32 Å². The molecule has 1 unspecified atom stereocenters. The molecule has 25 heavy (non-hydrogen) atoms. The Labute approximate surface area is 148 Å². The number of aliphatic hydroxyl groups is 1. The van der Waals surface area contributed by atoms with Crippen molar-refractivity contribution in [2.24, 2.45) is 0 Å². The van der Waals surface area contributed by atoms with Crippen LogP contribution in [0, 0.1) is 0 Å². The van der Waals surface area contributed by atoms with Crippen molar-refractivity contribution in [2.45, 2.75) is 38.5 Å². The summed E-state index contributed by atoms with van der Waals surface area (Å²) in [5.41, 5.74) is 2.74. The zero-order chi connectivity index (χ0) is 17.5. The van der Waals surface area contributed by atoms with Gasteiger partial charge in [0.05, 0.1) is 12.4 Å². The number of nitrogens with one attached hydrogen (secondary N) is 1. The van der Waals surface area contributed by atoms with Gasteiger partial charge in [-0.25, -0.2) is 4.98 Å². The van der Waals surface area contributed by atoms with E-state index < -0.39 is 6.10 Å². The number of amides is 1. The molecule has 0 aliphatic carbocycles. The number of nitrogens with zero attached hydrogens (tertiary/aromatic N) is 3. The lowest BCUT2D eigenvalue weighted by atomic mass is 10.00. The summed E-state index contributed by atoms with van der Waals surface area (Å²) in [6, 6.07) is 8.46. The Morgan fingerprint density at radius 3 is 2.96 bits per heavy atom. The molecular weight excluding hydrogens is 316 g/mol. The first-order valence-corrected chi connectivity index (χ1v) is 8.90. The summed E-state index contributed by atoms with van der Waals surface area (Å²) in [5, 5.41) is 13.0. The van der Waals surface area contributed by atoms with E-state index in [0.29, 0.717) is 19.5 Å². The third-order valence-electron chi connectivity index (χ3n) is 4.59. The Morgan fingerprint density at radius 2 is 2.16 bits per heavy atom. The molecule has 6 nitrogen and oxygen atoms in total. The normalized spacial score (nSPS) is 15.6. The lowest BCUT2D eigenvalue weighted by Gasteiger charge is -2.30. The number of aliphatic hydroxyl groups excluding tert-OH is 1. The fourth-order valence-corrected chi connectivity index (χ4v) is 3.23. The Balaban J connectivity index is 1.32. The highest BCUT2D eigenvalue weighted by Gasteiger charge is 2.18. The van der Waals surface area contributed by atoms with Crippen LogP contribution in [0.25, 0.3) is 0 Å². The van der Waals surface area contributed by atoms with Crippen molar-refractivity contribution in [3.63, 3.8) is 0 Å². The molecule has 134 valence electrons. The number of carbonyl (C=O) groups is 1. The number of fused-ring (bicyclic) bond motifs is 1. The lowest BCUT2D eigenvalue weighted by Crippen LogP contribution is -2.42. The fourth-order valence-electron chi connectivity index (χ4n) is 3.23. The largest absolute Gasteiger partial charge is 0.390 e. The third-order valence-corrected chi connectivity index (χ3v) is 4.59. The van der Waals surface area contributed by atoms with Crippen molar-refractivity contribution in [3.05, 3.63) is 54.1 Å². The minimum Gasteiger partial charge on any atom is -0.390 e. The smallest absolute Gasteiger partial charge is 0.220 e. The first-order chi connectivity index (χ1) is 12.2. The first-order valence-electron chi connectivity index (χ1n) is 8.90. The van der Waals surface area contributed by atoms with Crippen molar-refractivity contribution < 1.29 is 9.90 Å². The van der Waals surface area contributed by atoms with Gasteiger partial charge in [0.2, 0.25) is 5.91 Å². The summed E-state index contributed by atoms with van der Waals surface area (Å²) in [6.07, 6.45) is 7.07. The average Bonchev–Trinajstić information content (AvgIpc) is 3.13. The second-order valence-electron chi connectivity index (χ2n) is 6.62. The van der Waals surface area contributed by atoms with Gasteiger partial charge in [0.25, 0.3) is 0 Å². The molecule has 1 amide bonds. The van der Waals surface area contributed by atoms with Crippen LogP contribution in [-0.2, 0) is 24.3 Å². The molecule has 1 aliphatic heterocycles. The number of hydrogen-bond acceptors (Lipinski definition) is 4. The fraction of sp³-hybridized carbons (Fsp3) is 0.474. The second-order valence-corrected chi connectivity index (χ2v) is 6.62. The molecule has 0 saturated carbocycles. The number of β-amino-alcohol motifs (C(OH)–C–C–N with tert-alkyl or cyclic N) is 1. The van der Waals surface area contributed by atoms with E-state index in [0.717, 1.165) is 32.5 Å². The molecule has 0 bridgehead atoms. The van der Waals surface area contributed by atoms with Crippen LogP contribution in [0.5, 0.6) is 0 Å². The molecule has 2 N–H and O–H groups in total. The monoisotopic (exact) mass is 342 g/mol. The van der Waals surface area contributed by atoms with Gasteiger partial charge in [-0.2, -0.15) is 0 Å². The molecule has 0 radical (unpaired) electrons. The van der Waals surface area contributed by atoms with Crippen molar-refractivity contribution >= 4 is 5.91 Å². The van der Waals surface area contributed by atoms with Gasteiger partial charge in [0, 0.05) is 51.5 Å². The summed E-state index contributed by atoms with van der Waals surface area (Å²) in [6.45, 7) is 3.49. The number of rotatable bonds is 8. The molecule has 1 aromatic carbocycles. The Kier molecular flexibility index (Phi) is 6.19. The molecule has 6 heteroatoms. The van der Waals surface area contributed by atoms with Gasteiger partial charge in [-0.05, 0) is 24.0 Å². The van der Waals surface area contributed by atoms with E-state index in [9.17, 15) is 9.90 Å². The quantitative estimate of drug-likeness (QED) is 0.756. The van der Waals surface area contributed by atoms with Crippen molar-refractivity contribution in [1.82, 2.24) is 19.8 Å². The minimum absolute atomic E-state index is 0.0110. The maximum absolute atomic E-state index is 11.9. The maximum Gasteiger partial charge on any atom is 0.220 e. The van der Waals surface area contributed by atoms with E-state index in [4.69, 9.17) is 0 Å². The lowest BCUT2D eigenvalue weighted by molar-refractivity contribution is -0.121. The average molecular weight is 342 g/mol. The van der Waals surface area contributed by atoms with Gasteiger partial charge in [-0.1, -0.05) is 24.3 Å². The Morgan fingerprint density at radius 1 is 1.32 bits per heavy atom. The zero-order valence-electron chi connectivity index (χ0n) is 14.5. The Hall–Kier alpha value is -2.18. The molecule has 2 heterocycles. The van der Waals surface area contributed by atoms with Crippen LogP contribution in [-0.4, -0.2) is 51.2 Å². The maximum atomic E-state index is 11.9. The summed E-state index contributed by atoms with van der Waals surface area (Å²) >= 11 is 0. The second kappa shape index (κ2) is 8.78. The predicted molar refractivity (Wildman–Crippen MR) is 95.9 cm³/mol. The molecule has 0 fully saturated rings. The van der Waals surface area contributed by atoms with E-state index >= 15 is 0 Å². The number of benzene rings is 1. The highest BCUT2D eigenvalue weighted by molar-refractivity contribution is 5.75. The van der Waals surface area contributed by atoms with Crippen LogP contribution in [0.15, 0.2) is 43.0 Å². The highest BCUT2D eigenvalue weighted by Crippen LogP contribution is 2.18. The minimum atomic E-state index is -0.539. The number of hydrogen-bond donors (Lipinski definition) is 2. The SMILES string of the molecule is O=C(CCCn1ccnc1)NCC(O)CN1CCc2ccccc2C1. The van der Waals surface area contributed by atoms with Gasteiger partial charge in [-0.15, -0.1) is 0 Å². The first kappa shape index (κ1) is 17.6. The van der Waals surface area contributed by atoms with E-state index in [1.54, 1.807) is 12.5 Å². The molecule has 0 saturated heterocycles. The predicted octanol–water partition coefficient (Wildman–Crippen LogP) is 1.20. The van der Waals surface area contributed by atoms with Gasteiger partial charge < -0.3 is 15.0 Å². The molecule has 3 rings (SSSR count). The van der Waals surface area contributed by atoms with Crippen LogP contribution in [0.4, 0.5) is 0 Å². The zero-order valence-corrected chi connectivity index (χ0v) is 14.5. The standard InChI is InChI=1S/C19H26N4O2/c24-18(12-21-19(25)6-3-9-22-11-8-20-15-22)14-23-10-7-16-4-1-2-5-17(16)13-23/h1-2,4-5,8,11,15,18,24H,3,6-7,9-10,12-14H2,(H,21,25). The highest BCUT2D eigenvalue weighted by atomic mass is 16.3. The molecule has 0 spiro atoms. The van der Waals surface area contributed by atoms with E-state index in [2.05, 4.69) is 39.5 Å². The number of carbonyl (C=O) groups excluding carboxylic acids is 1. The molecule has 1 aromatic heterocycles. The van der Waals surface area contributed by atoms with Gasteiger partial charge in [-0.3, -0.25) is 9.69 Å². The van der Waals surface area contributed by atoms with E-state index in [1.165, 1.54) is 11.1 Å². The van der Waals surface area contributed by atoms with Crippen molar-refractivity contribution in [2.75, 3.05) is 19.6 Å². The van der Waals surface area contributed by atoms with Crippen LogP contribution >= 0.6 is 0 Å². The summed E-state index contributed by atoms with van der Waals surface area (Å²) < 4.78 is 1.95. The molecule has 1 atom stereocenters. The van der Waals surface area contributed by atoms with E-state index in [1.807, 2.05) is 10.8 Å². The third kappa shape index (κ3) is 5.41. The van der Waals surface area contributed by atoms with Crippen molar-refractivity contribution in [3.8, 4) is 0 Å². The van der Waals surface area contributed by atoms with E-state index in [-0.39, 0.29) is 5.91 Å². The van der Waals surface area contributed by atoms with Crippen LogP contribution in [0.2, 0.25) is 0 Å². The summed E-state index contributed by atoms with van der Waals surface area (Å²) in [4.78, 5) is 18.1. The van der Waals surface area contributed by atoms with Gasteiger partial charge in [0.1, 0.15) is 0 Å². The van der Waals surface area contributed by atoms with Crippen molar-refractivity contribution in [1.29, 1.82) is 0 Å². The van der Waals surface area contributed by atoms with Crippen LogP contribution in [0.1, 0.15) is 24.0 Å². The Bertz CT molecular complexity index is 672. The van der Waals surface area contributed by atoms with Crippen LogP contribution in [0.3, 0.4) is 0 Å². The van der Waals surface area contributed by atoms with Gasteiger partial charge >= 0.3 is 0 Å². The van der Waals surface area contributed by atoms with Gasteiger partial charge in [0.15, 0.2) is 0 Å². The number of aromatic nitrogens is 2. The summed E-state index contributed by atoms with van der Waals surface area (Å²) in [7, 11) is 0.